The zero-order chi connectivity index (χ0) is 18.6. The summed E-state index contributed by atoms with van der Waals surface area (Å²) in [5.74, 6) is -2.28. The number of rotatable bonds is 7. The van der Waals surface area contributed by atoms with Gasteiger partial charge in [-0.2, -0.15) is 4.31 Å². The van der Waals surface area contributed by atoms with Gasteiger partial charge in [0.2, 0.25) is 15.9 Å². The number of nitrogens with zero attached hydrogens (tertiary/aromatic N) is 1. The van der Waals surface area contributed by atoms with Gasteiger partial charge < -0.3 is 5.32 Å². The van der Waals surface area contributed by atoms with Crippen LogP contribution in [-0.2, 0) is 14.8 Å². The maximum absolute atomic E-state index is 13.4. The summed E-state index contributed by atoms with van der Waals surface area (Å²) in [4.78, 5) is 12.7. The average Bonchev–Trinajstić information content (AvgIpc) is 2.89. The monoisotopic (exact) mass is 374 g/mol. The van der Waals surface area contributed by atoms with Crippen molar-refractivity contribution in [3.63, 3.8) is 0 Å². The predicted molar refractivity (Wildman–Crippen MR) is 91.3 cm³/mol. The second-order valence-corrected chi connectivity index (χ2v) is 8.38. The van der Waals surface area contributed by atoms with Gasteiger partial charge in [0.25, 0.3) is 0 Å². The lowest BCUT2D eigenvalue weighted by molar-refractivity contribution is -0.125. The molecule has 1 fully saturated rings. The largest absolute Gasteiger partial charge is 0.348 e. The van der Waals surface area contributed by atoms with E-state index in [2.05, 4.69) is 5.32 Å². The molecule has 1 aromatic carbocycles. The Hall–Kier alpha value is -1.54. The Bertz CT molecular complexity index is 725. The molecule has 0 spiro atoms. The van der Waals surface area contributed by atoms with Gasteiger partial charge in [-0.3, -0.25) is 4.79 Å². The first-order chi connectivity index (χ1) is 11.8. The molecule has 1 aliphatic heterocycles. The molecular formula is C17H24F2N2O3S. The second kappa shape index (κ2) is 8.23. The van der Waals surface area contributed by atoms with E-state index in [1.54, 1.807) is 6.92 Å². The summed E-state index contributed by atoms with van der Waals surface area (Å²) in [6.45, 7) is 3.96. The van der Waals surface area contributed by atoms with Crippen LogP contribution in [0.2, 0.25) is 0 Å². The molecule has 1 aliphatic rings. The zero-order valence-electron chi connectivity index (χ0n) is 14.5. The molecule has 1 saturated heterocycles. The maximum Gasteiger partial charge on any atom is 0.238 e. The van der Waals surface area contributed by atoms with Crippen LogP contribution >= 0.6 is 0 Å². The number of sulfonamides is 1. The van der Waals surface area contributed by atoms with Crippen molar-refractivity contribution in [1.29, 1.82) is 0 Å². The standard InChI is InChI=1S/C17H24F2N2O3S/c1-3-4-6-16(21-9-5-10-25(21,23)24)17(22)20-12(2)13-7-8-14(18)15(19)11-13/h7-8,11-12,16H,3-6,9-10H2,1-2H3,(H,20,22)/t12-,16-/m1/s1. The fourth-order valence-electron chi connectivity index (χ4n) is 2.99. The lowest BCUT2D eigenvalue weighted by Gasteiger charge is -2.27. The van der Waals surface area contributed by atoms with Crippen LogP contribution in [0.25, 0.3) is 0 Å². The van der Waals surface area contributed by atoms with Crippen LogP contribution in [0.5, 0.6) is 0 Å². The van der Waals surface area contributed by atoms with Crippen LogP contribution in [0.15, 0.2) is 18.2 Å². The number of carbonyl (C=O) groups excluding carboxylic acids is 1. The van der Waals surface area contributed by atoms with Gasteiger partial charge in [-0.25, -0.2) is 17.2 Å². The summed E-state index contributed by atoms with van der Waals surface area (Å²) in [6, 6.07) is 2.12. The summed E-state index contributed by atoms with van der Waals surface area (Å²) in [6.07, 6.45) is 2.52. The minimum absolute atomic E-state index is 0.0572. The number of nitrogens with one attached hydrogen (secondary N) is 1. The number of halogens is 2. The van der Waals surface area contributed by atoms with E-state index in [9.17, 15) is 22.0 Å². The average molecular weight is 374 g/mol. The summed E-state index contributed by atoms with van der Waals surface area (Å²) in [7, 11) is -3.41. The molecule has 1 aromatic rings. The van der Waals surface area contributed by atoms with Crippen LogP contribution in [0.3, 0.4) is 0 Å². The lowest BCUT2D eigenvalue weighted by Crippen LogP contribution is -2.48. The highest BCUT2D eigenvalue weighted by atomic mass is 32.2. The Morgan fingerprint density at radius 3 is 2.60 bits per heavy atom. The first kappa shape index (κ1) is 19.8. The quantitative estimate of drug-likeness (QED) is 0.798. The third kappa shape index (κ3) is 4.76. The number of hydrogen-bond acceptors (Lipinski definition) is 3. The highest BCUT2D eigenvalue weighted by Gasteiger charge is 2.38. The van der Waals surface area contributed by atoms with Gasteiger partial charge in [0.15, 0.2) is 11.6 Å². The molecule has 0 aliphatic carbocycles. The van der Waals surface area contributed by atoms with Crippen molar-refractivity contribution in [2.75, 3.05) is 12.3 Å². The van der Waals surface area contributed by atoms with E-state index < -0.39 is 39.6 Å². The van der Waals surface area contributed by atoms with Crippen molar-refractivity contribution in [3.05, 3.63) is 35.4 Å². The van der Waals surface area contributed by atoms with Crippen molar-refractivity contribution in [3.8, 4) is 0 Å². The van der Waals surface area contributed by atoms with Gasteiger partial charge in [-0.1, -0.05) is 25.8 Å². The first-order valence-corrected chi connectivity index (χ1v) is 10.1. The molecule has 1 N–H and O–H groups in total. The van der Waals surface area contributed by atoms with Gasteiger partial charge in [0.1, 0.15) is 6.04 Å². The van der Waals surface area contributed by atoms with E-state index in [1.165, 1.54) is 10.4 Å². The Morgan fingerprint density at radius 1 is 1.32 bits per heavy atom. The summed E-state index contributed by atoms with van der Waals surface area (Å²) >= 11 is 0. The van der Waals surface area contributed by atoms with Crippen LogP contribution in [-0.4, -0.2) is 37.0 Å². The van der Waals surface area contributed by atoms with Crippen LogP contribution in [0, 0.1) is 11.6 Å². The minimum Gasteiger partial charge on any atom is -0.348 e. The molecular weight excluding hydrogens is 350 g/mol. The Balaban J connectivity index is 2.14. The molecule has 5 nitrogen and oxygen atoms in total. The van der Waals surface area contributed by atoms with Gasteiger partial charge in [0, 0.05) is 6.54 Å². The summed E-state index contributed by atoms with van der Waals surface area (Å²) in [5.41, 5.74) is 0.422. The Kier molecular flexibility index (Phi) is 6.51. The SMILES string of the molecule is CCCC[C@H](C(=O)N[C@H](C)c1ccc(F)c(F)c1)N1CCCS1(=O)=O. The van der Waals surface area contributed by atoms with Crippen LogP contribution in [0.1, 0.15) is 51.1 Å². The first-order valence-electron chi connectivity index (χ1n) is 8.51. The fourth-order valence-corrected chi connectivity index (χ4v) is 4.71. The Labute approximate surface area is 147 Å². The molecule has 0 unspecified atom stereocenters. The normalized spacial score (nSPS) is 19.5. The fraction of sp³-hybridized carbons (Fsp3) is 0.588. The number of hydrogen-bond donors (Lipinski definition) is 1. The molecule has 0 saturated carbocycles. The molecule has 1 amide bonds. The van der Waals surface area contributed by atoms with Crippen LogP contribution < -0.4 is 5.32 Å². The van der Waals surface area contributed by atoms with Crippen LogP contribution in [0.4, 0.5) is 8.78 Å². The molecule has 2 atom stereocenters. The highest BCUT2D eigenvalue weighted by Crippen LogP contribution is 2.22. The molecule has 2 rings (SSSR count). The molecule has 8 heteroatoms. The number of carbonyl (C=O) groups is 1. The molecule has 0 bridgehead atoms. The second-order valence-electron chi connectivity index (χ2n) is 6.34. The molecule has 25 heavy (non-hydrogen) atoms. The van der Waals surface area contributed by atoms with Gasteiger partial charge >= 0.3 is 0 Å². The number of unbranched alkanes of at least 4 members (excludes halogenated alkanes) is 1. The van der Waals surface area contributed by atoms with E-state index in [1.807, 2.05) is 6.92 Å². The van der Waals surface area contributed by atoms with Crippen molar-refractivity contribution < 1.29 is 22.0 Å². The molecule has 1 heterocycles. The van der Waals surface area contributed by atoms with Crippen molar-refractivity contribution >= 4 is 15.9 Å². The summed E-state index contributed by atoms with van der Waals surface area (Å²) in [5, 5.41) is 2.73. The molecule has 0 radical (unpaired) electrons. The lowest BCUT2D eigenvalue weighted by atomic mass is 10.1. The summed E-state index contributed by atoms with van der Waals surface area (Å²) < 4.78 is 52.0. The van der Waals surface area contributed by atoms with Crippen molar-refractivity contribution in [2.24, 2.45) is 0 Å². The van der Waals surface area contributed by atoms with E-state index in [4.69, 9.17) is 0 Å². The number of amides is 1. The van der Waals surface area contributed by atoms with Crippen molar-refractivity contribution in [1.82, 2.24) is 9.62 Å². The predicted octanol–water partition coefficient (Wildman–Crippen LogP) is 2.74. The number of benzene rings is 1. The third-order valence-corrected chi connectivity index (χ3v) is 6.38. The maximum atomic E-state index is 13.4. The van der Waals surface area contributed by atoms with Gasteiger partial charge in [-0.15, -0.1) is 0 Å². The molecule has 140 valence electrons. The highest BCUT2D eigenvalue weighted by molar-refractivity contribution is 7.89. The van der Waals surface area contributed by atoms with Gasteiger partial charge in [-0.05, 0) is 37.5 Å². The van der Waals surface area contributed by atoms with E-state index >= 15 is 0 Å². The smallest absolute Gasteiger partial charge is 0.238 e. The van der Waals surface area contributed by atoms with E-state index in [0.717, 1.165) is 25.0 Å². The van der Waals surface area contributed by atoms with E-state index in [0.29, 0.717) is 24.9 Å². The van der Waals surface area contributed by atoms with Gasteiger partial charge in [0.05, 0.1) is 11.8 Å². The molecule has 0 aromatic heterocycles. The Morgan fingerprint density at radius 2 is 2.04 bits per heavy atom. The van der Waals surface area contributed by atoms with Crippen molar-refractivity contribution in [2.45, 2.75) is 51.6 Å². The minimum atomic E-state index is -3.41. The van der Waals surface area contributed by atoms with E-state index in [-0.39, 0.29) is 5.75 Å². The topological polar surface area (TPSA) is 66.5 Å². The zero-order valence-corrected chi connectivity index (χ0v) is 15.3. The third-order valence-electron chi connectivity index (χ3n) is 4.42.